The summed E-state index contributed by atoms with van der Waals surface area (Å²) in [5, 5.41) is -0.480. The van der Waals surface area contributed by atoms with Crippen LogP contribution in [0.2, 0.25) is 0 Å². The zero-order chi connectivity index (χ0) is 16.9. The largest absolute Gasteiger partial charge is 0.497 e. The Kier molecular flexibility index (Phi) is 3.62. The smallest absolute Gasteiger partial charge is 0.454 e. The maximum atomic E-state index is 13.0. The SMILES string of the molecule is COc1cc(C)c2[nH]c(C(F)(F)F)c(C(=O)C(F)(F)F)c2c1. The molecule has 1 N–H and O–H groups in total. The molecule has 1 aromatic carbocycles. The number of benzene rings is 1. The van der Waals surface area contributed by atoms with Crippen molar-refractivity contribution in [1.82, 2.24) is 4.98 Å². The van der Waals surface area contributed by atoms with Gasteiger partial charge in [0.2, 0.25) is 0 Å². The van der Waals surface area contributed by atoms with Gasteiger partial charge in [0.05, 0.1) is 12.7 Å². The van der Waals surface area contributed by atoms with E-state index in [-0.39, 0.29) is 16.8 Å². The molecule has 0 atom stereocenters. The van der Waals surface area contributed by atoms with Gasteiger partial charge in [-0.2, -0.15) is 26.3 Å². The summed E-state index contributed by atoms with van der Waals surface area (Å²) in [7, 11) is 1.21. The second kappa shape index (κ2) is 4.92. The van der Waals surface area contributed by atoms with E-state index < -0.39 is 34.8 Å². The Bertz CT molecular complexity index is 742. The molecule has 2 rings (SSSR count). The number of methoxy groups -OCH3 is 1. The number of hydrogen-bond acceptors (Lipinski definition) is 2. The normalized spacial score (nSPS) is 12.7. The predicted octanol–water partition coefficient (Wildman–Crippen LogP) is 4.25. The number of rotatable bonds is 2. The maximum Gasteiger partial charge on any atom is 0.454 e. The van der Waals surface area contributed by atoms with E-state index in [1.807, 2.05) is 4.98 Å². The Balaban J connectivity index is 2.90. The fourth-order valence-electron chi connectivity index (χ4n) is 2.15. The number of fused-ring (bicyclic) bond motifs is 1. The zero-order valence-electron chi connectivity index (χ0n) is 11.2. The molecule has 120 valence electrons. The van der Waals surface area contributed by atoms with Crippen LogP contribution in [0.15, 0.2) is 12.1 Å². The lowest BCUT2D eigenvalue weighted by molar-refractivity contribution is -0.141. The summed E-state index contributed by atoms with van der Waals surface area (Å²) in [6.07, 6.45) is -10.6. The van der Waals surface area contributed by atoms with Crippen molar-refractivity contribution >= 4 is 16.7 Å². The molecule has 0 radical (unpaired) electrons. The first-order valence-electron chi connectivity index (χ1n) is 5.86. The molecule has 0 unspecified atom stereocenters. The zero-order valence-corrected chi connectivity index (χ0v) is 11.2. The minimum absolute atomic E-state index is 0.0500. The monoisotopic (exact) mass is 325 g/mol. The molecule has 0 amide bonds. The molecule has 0 bridgehead atoms. The molecule has 3 nitrogen and oxygen atoms in total. The molecular weight excluding hydrogens is 316 g/mol. The predicted molar refractivity (Wildman–Crippen MR) is 65.0 cm³/mol. The lowest BCUT2D eigenvalue weighted by atomic mass is 10.0. The van der Waals surface area contributed by atoms with E-state index in [9.17, 15) is 31.1 Å². The van der Waals surface area contributed by atoms with E-state index in [2.05, 4.69) is 0 Å². The number of alkyl halides is 6. The van der Waals surface area contributed by atoms with Crippen LogP contribution in [-0.4, -0.2) is 24.1 Å². The quantitative estimate of drug-likeness (QED) is 0.662. The topological polar surface area (TPSA) is 42.1 Å². The van der Waals surface area contributed by atoms with Crippen LogP contribution in [0.25, 0.3) is 10.9 Å². The Morgan fingerprint density at radius 1 is 1.14 bits per heavy atom. The van der Waals surface area contributed by atoms with E-state index in [0.717, 1.165) is 6.07 Å². The number of ketones is 1. The molecule has 9 heteroatoms. The standard InChI is InChI=1S/C13H9F6NO2/c1-5-3-6(22-2)4-7-8(11(21)13(17,18)19)10(12(14,15)16)20-9(5)7/h3-4,20H,1-2H3. The number of carbonyl (C=O) groups is 1. The fourth-order valence-corrected chi connectivity index (χ4v) is 2.15. The summed E-state index contributed by atoms with van der Waals surface area (Å²) in [5.74, 6) is -2.51. The number of ether oxygens (including phenoxy) is 1. The second-order valence-electron chi connectivity index (χ2n) is 4.57. The van der Waals surface area contributed by atoms with E-state index in [0.29, 0.717) is 0 Å². The molecule has 0 saturated carbocycles. The first-order chi connectivity index (χ1) is 9.96. The number of Topliss-reactive ketones (excluding diaryl/α,β-unsaturated/α-hetero) is 1. The van der Waals surface area contributed by atoms with Gasteiger partial charge in [0.1, 0.15) is 11.4 Å². The Morgan fingerprint density at radius 3 is 2.18 bits per heavy atom. The van der Waals surface area contributed by atoms with Crippen LogP contribution >= 0.6 is 0 Å². The maximum absolute atomic E-state index is 13.0. The number of hydrogen-bond donors (Lipinski definition) is 1. The number of halogens is 6. The fraction of sp³-hybridized carbons (Fsp3) is 0.308. The lowest BCUT2D eigenvalue weighted by Gasteiger charge is -2.09. The lowest BCUT2D eigenvalue weighted by Crippen LogP contribution is -2.25. The molecule has 1 aromatic heterocycles. The highest BCUT2D eigenvalue weighted by Crippen LogP contribution is 2.40. The molecule has 0 aliphatic carbocycles. The molecule has 0 aliphatic heterocycles. The van der Waals surface area contributed by atoms with Crippen LogP contribution in [0.4, 0.5) is 26.3 Å². The first kappa shape index (κ1) is 16.2. The third kappa shape index (κ3) is 2.62. The van der Waals surface area contributed by atoms with Gasteiger partial charge < -0.3 is 9.72 Å². The van der Waals surface area contributed by atoms with Crippen LogP contribution in [-0.2, 0) is 6.18 Å². The average molecular weight is 325 g/mol. The van der Waals surface area contributed by atoms with Gasteiger partial charge in [0.15, 0.2) is 0 Å². The van der Waals surface area contributed by atoms with Crippen LogP contribution in [0.1, 0.15) is 21.6 Å². The highest BCUT2D eigenvalue weighted by Gasteiger charge is 2.47. The van der Waals surface area contributed by atoms with Gasteiger partial charge in [0, 0.05) is 10.9 Å². The van der Waals surface area contributed by atoms with Crippen molar-refractivity contribution in [1.29, 1.82) is 0 Å². The van der Waals surface area contributed by atoms with Crippen LogP contribution in [0, 0.1) is 6.92 Å². The van der Waals surface area contributed by atoms with E-state index >= 15 is 0 Å². The number of aryl methyl sites for hydroxylation is 1. The summed E-state index contributed by atoms with van der Waals surface area (Å²) >= 11 is 0. The molecule has 2 aromatic rings. The van der Waals surface area contributed by atoms with Gasteiger partial charge in [-0.3, -0.25) is 4.79 Å². The van der Waals surface area contributed by atoms with Crippen LogP contribution in [0.3, 0.4) is 0 Å². The van der Waals surface area contributed by atoms with Crippen molar-refractivity contribution in [2.75, 3.05) is 7.11 Å². The second-order valence-corrected chi connectivity index (χ2v) is 4.57. The molecular formula is C13H9F6NO2. The Morgan fingerprint density at radius 2 is 1.73 bits per heavy atom. The van der Waals surface area contributed by atoms with Gasteiger partial charge in [-0.25, -0.2) is 0 Å². The molecule has 0 fully saturated rings. The minimum atomic E-state index is -5.42. The summed E-state index contributed by atoms with van der Waals surface area (Å²) < 4.78 is 81.6. The summed E-state index contributed by atoms with van der Waals surface area (Å²) in [4.78, 5) is 13.3. The molecule has 0 aliphatic rings. The van der Waals surface area contributed by atoms with Gasteiger partial charge in [-0.1, -0.05) is 0 Å². The minimum Gasteiger partial charge on any atom is -0.497 e. The summed E-state index contributed by atoms with van der Waals surface area (Å²) in [6, 6.07) is 2.31. The van der Waals surface area contributed by atoms with Crippen molar-refractivity contribution in [2.45, 2.75) is 19.3 Å². The van der Waals surface area contributed by atoms with Crippen molar-refractivity contribution in [2.24, 2.45) is 0 Å². The summed E-state index contributed by atoms with van der Waals surface area (Å²) in [5.41, 5.74) is -3.14. The van der Waals surface area contributed by atoms with Gasteiger partial charge in [-0.15, -0.1) is 0 Å². The van der Waals surface area contributed by atoms with Crippen molar-refractivity contribution in [3.8, 4) is 5.75 Å². The van der Waals surface area contributed by atoms with Gasteiger partial charge in [0.25, 0.3) is 5.78 Å². The third-order valence-corrected chi connectivity index (χ3v) is 3.08. The van der Waals surface area contributed by atoms with Crippen molar-refractivity contribution < 1.29 is 35.9 Å². The van der Waals surface area contributed by atoms with Gasteiger partial charge >= 0.3 is 12.4 Å². The highest BCUT2D eigenvalue weighted by atomic mass is 19.4. The first-order valence-corrected chi connectivity index (χ1v) is 5.86. The molecule has 0 spiro atoms. The number of aromatic nitrogens is 1. The van der Waals surface area contributed by atoms with E-state index in [1.54, 1.807) is 0 Å². The number of H-pyrrole nitrogens is 1. The van der Waals surface area contributed by atoms with Crippen molar-refractivity contribution in [3.05, 3.63) is 29.0 Å². The highest BCUT2D eigenvalue weighted by molar-refractivity contribution is 6.12. The van der Waals surface area contributed by atoms with Crippen molar-refractivity contribution in [3.63, 3.8) is 0 Å². The number of aromatic amines is 1. The average Bonchev–Trinajstić information content (AvgIpc) is 2.76. The van der Waals surface area contributed by atoms with E-state index in [1.165, 1.54) is 20.1 Å². The number of nitrogens with one attached hydrogen (secondary N) is 1. The van der Waals surface area contributed by atoms with Crippen LogP contribution < -0.4 is 4.74 Å². The Labute approximate surface area is 119 Å². The van der Waals surface area contributed by atoms with Gasteiger partial charge in [-0.05, 0) is 24.6 Å². The Hall–Kier alpha value is -2.19. The van der Waals surface area contributed by atoms with Crippen LogP contribution in [0.5, 0.6) is 5.75 Å². The van der Waals surface area contributed by atoms with E-state index in [4.69, 9.17) is 4.74 Å². The third-order valence-electron chi connectivity index (χ3n) is 3.08. The summed E-state index contributed by atoms with van der Waals surface area (Å²) in [6.45, 7) is 1.39. The molecule has 22 heavy (non-hydrogen) atoms. The number of carbonyl (C=O) groups excluding carboxylic acids is 1. The molecule has 0 saturated heterocycles. The molecule has 1 heterocycles.